The Hall–Kier alpha value is -1.97. The zero-order valence-electron chi connectivity index (χ0n) is 19.3. The van der Waals surface area contributed by atoms with Gasteiger partial charge in [0, 0.05) is 33.4 Å². The molecule has 1 saturated carbocycles. The van der Waals surface area contributed by atoms with Gasteiger partial charge in [-0.3, -0.25) is 9.18 Å². The maximum absolute atomic E-state index is 12.9. The Morgan fingerprint density at radius 2 is 2.12 bits per heavy atom. The van der Waals surface area contributed by atoms with E-state index in [1.54, 1.807) is 13.2 Å². The second-order valence-electron chi connectivity index (χ2n) is 8.97. The van der Waals surface area contributed by atoms with E-state index in [4.69, 9.17) is 14.2 Å². The van der Waals surface area contributed by atoms with Crippen LogP contribution in [0.1, 0.15) is 37.2 Å². The number of methoxy groups -OCH3 is 1. The van der Waals surface area contributed by atoms with Crippen LogP contribution in [0.2, 0.25) is 0 Å². The molecule has 2 aliphatic rings. The van der Waals surface area contributed by atoms with Crippen molar-refractivity contribution in [2.24, 2.45) is 17.8 Å². The predicted molar refractivity (Wildman–Crippen MR) is 119 cm³/mol. The number of nitrogens with zero attached hydrogens (tertiary/aromatic N) is 2. The Bertz CT molecular complexity index is 744. The lowest BCUT2D eigenvalue weighted by atomic mass is 10.1. The maximum atomic E-state index is 12.9. The number of nitrogens with one attached hydrogen (secondary N) is 1. The number of alkyl halides is 1. The molecule has 0 spiro atoms. The van der Waals surface area contributed by atoms with E-state index in [2.05, 4.69) is 15.2 Å². The Balaban J connectivity index is 1.66. The Morgan fingerprint density at radius 1 is 1.34 bits per heavy atom. The highest BCUT2D eigenvalue weighted by molar-refractivity contribution is 5.93. The number of aromatic nitrogens is 1. The van der Waals surface area contributed by atoms with Crippen LogP contribution in [0.15, 0.2) is 12.1 Å². The van der Waals surface area contributed by atoms with E-state index >= 15 is 0 Å². The molecular weight excluding hydrogens is 417 g/mol. The van der Waals surface area contributed by atoms with Crippen molar-refractivity contribution in [3.63, 3.8) is 0 Å². The molecule has 1 amide bonds. The molecule has 1 aliphatic heterocycles. The third-order valence-electron chi connectivity index (χ3n) is 6.17. The van der Waals surface area contributed by atoms with Gasteiger partial charge in [0.1, 0.15) is 11.4 Å². The number of ether oxygens (including phenoxy) is 3. The lowest BCUT2D eigenvalue weighted by molar-refractivity contribution is 0.0750. The molecule has 0 radical (unpaired) electrons. The van der Waals surface area contributed by atoms with Crippen LogP contribution in [0, 0.1) is 17.8 Å². The molecule has 8 nitrogen and oxygen atoms in total. The van der Waals surface area contributed by atoms with Crippen molar-refractivity contribution in [2.45, 2.75) is 38.8 Å². The van der Waals surface area contributed by atoms with Gasteiger partial charge in [0.15, 0.2) is 0 Å². The Morgan fingerprint density at radius 3 is 2.75 bits per heavy atom. The lowest BCUT2D eigenvalue weighted by Crippen LogP contribution is -2.52. The molecular formula is C23H36FN3O5. The minimum atomic E-state index is -0.417. The zero-order valence-corrected chi connectivity index (χ0v) is 19.3. The summed E-state index contributed by atoms with van der Waals surface area (Å²) in [7, 11) is 1.69. The number of hydrogen-bond donors (Lipinski definition) is 2. The number of amides is 1. The smallest absolute Gasteiger partial charge is 0.270 e. The number of rotatable bonds is 14. The number of aliphatic hydroxyl groups excluding tert-OH is 1. The second-order valence-corrected chi connectivity index (χ2v) is 8.97. The predicted octanol–water partition coefficient (Wildman–Crippen LogP) is 2.05. The topological polar surface area (TPSA) is 93.2 Å². The van der Waals surface area contributed by atoms with E-state index in [9.17, 15) is 14.3 Å². The number of pyridine rings is 1. The van der Waals surface area contributed by atoms with Crippen molar-refractivity contribution < 1.29 is 28.5 Å². The second kappa shape index (κ2) is 11.8. The fourth-order valence-corrected chi connectivity index (χ4v) is 3.62. The first-order valence-corrected chi connectivity index (χ1v) is 11.4. The van der Waals surface area contributed by atoms with Gasteiger partial charge in [0.05, 0.1) is 32.0 Å². The molecule has 0 bridgehead atoms. The average Bonchev–Trinajstić information content (AvgIpc) is 3.52. The van der Waals surface area contributed by atoms with Gasteiger partial charge in [-0.15, -0.1) is 0 Å². The van der Waals surface area contributed by atoms with E-state index in [0.717, 1.165) is 25.2 Å². The summed E-state index contributed by atoms with van der Waals surface area (Å²) in [6.07, 6.45) is 1.47. The van der Waals surface area contributed by atoms with Crippen molar-refractivity contribution in [3.05, 3.63) is 17.8 Å². The van der Waals surface area contributed by atoms with Gasteiger partial charge >= 0.3 is 0 Å². The third kappa shape index (κ3) is 6.52. The van der Waals surface area contributed by atoms with Crippen molar-refractivity contribution in [1.29, 1.82) is 0 Å². The molecule has 1 aromatic heterocycles. The normalized spacial score (nSPS) is 21.4. The number of carbonyl (C=O) groups excluding carboxylic acids is 1. The van der Waals surface area contributed by atoms with Crippen LogP contribution in [0.5, 0.6) is 5.88 Å². The highest BCUT2D eigenvalue weighted by Gasteiger charge is 2.37. The standard InChI is InChI=1S/C23H36FN3O5/c1-15(2)20(14-31-8-4-7-24)25-22(29)19-5-6-21(27-10-18(11-27)30-3)23(26-19)32-13-17-9-16(17)12-28/h5-6,15-18,20,28H,4,7-14H2,1-3H3,(H,25,29)/t16-,17+,20?/m1/s1. The fraction of sp³-hybridized carbons (Fsp3) is 0.739. The summed E-state index contributed by atoms with van der Waals surface area (Å²) < 4.78 is 29.1. The number of carbonyl (C=O) groups is 1. The molecule has 9 heteroatoms. The summed E-state index contributed by atoms with van der Waals surface area (Å²) in [5.41, 5.74) is 1.11. The van der Waals surface area contributed by atoms with Crippen molar-refractivity contribution in [1.82, 2.24) is 10.3 Å². The highest BCUT2D eigenvalue weighted by atomic mass is 19.1. The Kier molecular flexibility index (Phi) is 9.07. The molecule has 0 aromatic carbocycles. The van der Waals surface area contributed by atoms with Crippen LogP contribution in [-0.4, -0.2) is 81.4 Å². The van der Waals surface area contributed by atoms with Gasteiger partial charge in [0.2, 0.25) is 5.88 Å². The molecule has 180 valence electrons. The first kappa shape index (κ1) is 24.7. The molecule has 2 heterocycles. The molecule has 32 heavy (non-hydrogen) atoms. The molecule has 3 atom stereocenters. The van der Waals surface area contributed by atoms with Gasteiger partial charge in [-0.05, 0) is 42.7 Å². The molecule has 2 fully saturated rings. The van der Waals surface area contributed by atoms with E-state index in [1.165, 1.54) is 0 Å². The van der Waals surface area contributed by atoms with Crippen LogP contribution in [-0.2, 0) is 9.47 Å². The van der Waals surface area contributed by atoms with Gasteiger partial charge in [-0.2, -0.15) is 0 Å². The summed E-state index contributed by atoms with van der Waals surface area (Å²) in [5, 5.41) is 12.3. The van der Waals surface area contributed by atoms with E-state index in [0.29, 0.717) is 38.0 Å². The quantitative estimate of drug-likeness (QED) is 0.417. The van der Waals surface area contributed by atoms with Gasteiger partial charge in [0.25, 0.3) is 5.91 Å². The highest BCUT2D eigenvalue weighted by Crippen LogP contribution is 2.39. The van der Waals surface area contributed by atoms with Gasteiger partial charge in [-0.1, -0.05) is 13.8 Å². The number of hydrogen-bond acceptors (Lipinski definition) is 7. The molecule has 1 saturated heterocycles. The Labute approximate surface area is 189 Å². The first-order chi connectivity index (χ1) is 15.5. The minimum absolute atomic E-state index is 0.150. The van der Waals surface area contributed by atoms with Crippen molar-refractivity contribution >= 4 is 11.6 Å². The molecule has 1 unspecified atom stereocenters. The summed E-state index contributed by atoms with van der Waals surface area (Å²) in [6.45, 7) is 6.35. The molecule has 3 rings (SSSR count). The van der Waals surface area contributed by atoms with E-state index in [-0.39, 0.29) is 42.2 Å². The molecule has 2 N–H and O–H groups in total. The first-order valence-electron chi connectivity index (χ1n) is 11.4. The van der Waals surface area contributed by atoms with E-state index in [1.807, 2.05) is 19.9 Å². The summed E-state index contributed by atoms with van der Waals surface area (Å²) in [5.74, 6) is 0.887. The molecule has 1 aromatic rings. The van der Waals surface area contributed by atoms with Crippen LogP contribution in [0.25, 0.3) is 0 Å². The van der Waals surface area contributed by atoms with Crippen molar-refractivity contribution in [3.8, 4) is 5.88 Å². The summed E-state index contributed by atoms with van der Waals surface area (Å²) >= 11 is 0. The van der Waals surface area contributed by atoms with Gasteiger partial charge in [-0.25, -0.2) is 4.98 Å². The van der Waals surface area contributed by atoms with Crippen LogP contribution in [0.4, 0.5) is 10.1 Å². The van der Waals surface area contributed by atoms with Crippen LogP contribution < -0.4 is 15.0 Å². The fourth-order valence-electron chi connectivity index (χ4n) is 3.62. The van der Waals surface area contributed by atoms with Gasteiger partial charge < -0.3 is 29.5 Å². The monoisotopic (exact) mass is 453 g/mol. The SMILES string of the molecule is COC1CN(c2ccc(C(=O)NC(COCCCF)C(C)C)nc2OC[C@@H]2C[C@@H]2CO)C1. The maximum Gasteiger partial charge on any atom is 0.270 e. The van der Waals surface area contributed by atoms with E-state index < -0.39 is 6.67 Å². The number of halogens is 1. The third-order valence-corrected chi connectivity index (χ3v) is 6.17. The number of aliphatic hydroxyl groups is 1. The molecule has 1 aliphatic carbocycles. The zero-order chi connectivity index (χ0) is 23.1. The van der Waals surface area contributed by atoms with Crippen LogP contribution >= 0.6 is 0 Å². The largest absolute Gasteiger partial charge is 0.476 e. The minimum Gasteiger partial charge on any atom is -0.476 e. The number of anilines is 1. The lowest BCUT2D eigenvalue weighted by Gasteiger charge is -2.40. The van der Waals surface area contributed by atoms with Crippen LogP contribution in [0.3, 0.4) is 0 Å². The van der Waals surface area contributed by atoms with Crippen molar-refractivity contribution in [2.75, 3.05) is 58.2 Å². The average molecular weight is 454 g/mol. The summed E-state index contributed by atoms with van der Waals surface area (Å²) in [6, 6.07) is 3.36. The summed E-state index contributed by atoms with van der Waals surface area (Å²) in [4.78, 5) is 19.5.